The first kappa shape index (κ1) is 19.2. The third kappa shape index (κ3) is 2.35. The van der Waals surface area contributed by atoms with Crippen LogP contribution < -0.4 is 11.3 Å². The van der Waals surface area contributed by atoms with Gasteiger partial charge in [-0.25, -0.2) is 14.2 Å². The normalized spacial score (nSPS) is 19.4. The van der Waals surface area contributed by atoms with E-state index in [1.807, 2.05) is 0 Å². The number of carbonyl (C=O) groups is 1. The summed E-state index contributed by atoms with van der Waals surface area (Å²) >= 11 is 5.96. The van der Waals surface area contributed by atoms with Crippen molar-refractivity contribution >= 4 is 28.5 Å². The molecule has 2 aliphatic heterocycles. The molecule has 7 nitrogen and oxygen atoms in total. The Morgan fingerprint density at radius 1 is 1.33 bits per heavy atom. The number of halogens is 2. The minimum Gasteiger partial charge on any atom is -0.458 e. The Labute approximate surface area is 174 Å². The van der Waals surface area contributed by atoms with Crippen molar-refractivity contribution in [1.82, 2.24) is 9.55 Å². The molecule has 4 heterocycles. The lowest BCUT2D eigenvalue weighted by Gasteiger charge is -2.31. The van der Waals surface area contributed by atoms with Gasteiger partial charge in [0.25, 0.3) is 5.56 Å². The summed E-state index contributed by atoms with van der Waals surface area (Å²) in [6, 6.07) is 4.33. The van der Waals surface area contributed by atoms with E-state index in [0.29, 0.717) is 22.3 Å². The second-order valence-electron chi connectivity index (χ2n) is 7.51. The number of pyridine rings is 2. The van der Waals surface area contributed by atoms with Gasteiger partial charge in [-0.15, -0.1) is 0 Å². The Bertz CT molecular complexity index is 1340. The molecule has 9 heteroatoms. The quantitative estimate of drug-likeness (QED) is 0.473. The Morgan fingerprint density at radius 2 is 2.10 bits per heavy atom. The maximum atomic E-state index is 14.1. The van der Waals surface area contributed by atoms with Gasteiger partial charge in [0.2, 0.25) is 0 Å². The van der Waals surface area contributed by atoms with Crippen molar-refractivity contribution in [2.24, 2.45) is 5.73 Å². The molecule has 3 aromatic rings. The molecule has 0 unspecified atom stereocenters. The Kier molecular flexibility index (Phi) is 4.05. The molecule has 3 N–H and O–H groups in total. The van der Waals surface area contributed by atoms with Gasteiger partial charge in [0, 0.05) is 29.1 Å². The van der Waals surface area contributed by atoms with Crippen LogP contribution in [0.1, 0.15) is 35.6 Å². The molecule has 0 saturated carbocycles. The van der Waals surface area contributed by atoms with Crippen LogP contribution in [0.2, 0.25) is 5.02 Å². The number of nitrogens with zero attached hydrogens (tertiary/aromatic N) is 2. The third-order valence-corrected chi connectivity index (χ3v) is 6.34. The number of benzene rings is 1. The van der Waals surface area contributed by atoms with Gasteiger partial charge in [-0.1, -0.05) is 18.5 Å². The van der Waals surface area contributed by atoms with Crippen LogP contribution >= 0.6 is 11.6 Å². The zero-order chi connectivity index (χ0) is 21.4. The number of esters is 1. The Hall–Kier alpha value is -2.81. The molecule has 0 fully saturated rings. The van der Waals surface area contributed by atoms with Crippen LogP contribution in [0.4, 0.5) is 4.39 Å². The van der Waals surface area contributed by atoms with E-state index in [9.17, 15) is 19.1 Å². The largest absolute Gasteiger partial charge is 0.458 e. The van der Waals surface area contributed by atoms with Crippen molar-refractivity contribution in [2.45, 2.75) is 38.6 Å². The first-order valence-electron chi connectivity index (χ1n) is 9.47. The lowest BCUT2D eigenvalue weighted by Crippen LogP contribution is -2.44. The number of carbonyl (C=O) groups excluding carboxylic acids is 1. The lowest BCUT2D eigenvalue weighted by atomic mass is 9.86. The summed E-state index contributed by atoms with van der Waals surface area (Å²) < 4.78 is 20.7. The predicted molar refractivity (Wildman–Crippen MR) is 107 cm³/mol. The summed E-state index contributed by atoms with van der Waals surface area (Å²) in [6.07, 6.45) is 0.0531. The maximum absolute atomic E-state index is 14.1. The molecule has 0 spiro atoms. The van der Waals surface area contributed by atoms with Gasteiger partial charge in [-0.3, -0.25) is 4.79 Å². The highest BCUT2D eigenvalue weighted by molar-refractivity contribution is 6.31. The van der Waals surface area contributed by atoms with Gasteiger partial charge >= 0.3 is 5.97 Å². The maximum Gasteiger partial charge on any atom is 0.343 e. The van der Waals surface area contributed by atoms with E-state index in [2.05, 4.69) is 4.98 Å². The molecule has 2 aromatic heterocycles. The van der Waals surface area contributed by atoms with E-state index in [4.69, 9.17) is 22.1 Å². The number of aliphatic hydroxyl groups is 1. The van der Waals surface area contributed by atoms with Crippen LogP contribution in [0.5, 0.6) is 0 Å². The van der Waals surface area contributed by atoms with E-state index in [0.717, 1.165) is 11.1 Å². The second kappa shape index (κ2) is 6.34. The Balaban J connectivity index is 1.84. The number of ether oxygens (including phenoxy) is 1. The molecule has 0 radical (unpaired) electrons. The van der Waals surface area contributed by atoms with Gasteiger partial charge in [0.1, 0.15) is 12.4 Å². The molecule has 5 rings (SSSR count). The van der Waals surface area contributed by atoms with Crippen molar-refractivity contribution < 1.29 is 19.0 Å². The van der Waals surface area contributed by atoms with Crippen LogP contribution in [0, 0.1) is 5.82 Å². The van der Waals surface area contributed by atoms with Crippen molar-refractivity contribution in [1.29, 1.82) is 0 Å². The highest BCUT2D eigenvalue weighted by atomic mass is 35.5. The minimum absolute atomic E-state index is 0.0363. The van der Waals surface area contributed by atoms with Crippen LogP contribution in [-0.2, 0) is 34.8 Å². The number of hydrogen-bond donors (Lipinski definition) is 2. The fourth-order valence-corrected chi connectivity index (χ4v) is 4.55. The molecular weight excluding hydrogens is 413 g/mol. The zero-order valence-corrected chi connectivity index (χ0v) is 16.7. The van der Waals surface area contributed by atoms with Gasteiger partial charge in [0.05, 0.1) is 34.0 Å². The molecule has 1 aromatic carbocycles. The van der Waals surface area contributed by atoms with Crippen molar-refractivity contribution in [3.8, 4) is 11.4 Å². The van der Waals surface area contributed by atoms with Crippen LogP contribution in [0.25, 0.3) is 22.3 Å². The highest BCUT2D eigenvalue weighted by Gasteiger charge is 2.45. The summed E-state index contributed by atoms with van der Waals surface area (Å²) in [5.74, 6) is -1.39. The average Bonchev–Trinajstić information content (AvgIpc) is 3.09. The number of aromatic nitrogens is 2. The van der Waals surface area contributed by atoms with E-state index in [1.165, 1.54) is 16.7 Å². The van der Waals surface area contributed by atoms with E-state index in [-0.39, 0.29) is 47.8 Å². The third-order valence-electron chi connectivity index (χ3n) is 6.05. The zero-order valence-electron chi connectivity index (χ0n) is 16.0. The number of rotatable bonds is 2. The van der Waals surface area contributed by atoms with Gasteiger partial charge < -0.3 is 20.1 Å². The number of nitrogens with two attached hydrogens (primary N) is 1. The molecule has 154 valence electrons. The van der Waals surface area contributed by atoms with Gasteiger partial charge in [-0.2, -0.15) is 0 Å². The monoisotopic (exact) mass is 429 g/mol. The van der Waals surface area contributed by atoms with Gasteiger partial charge in [-0.05, 0) is 24.1 Å². The van der Waals surface area contributed by atoms with Crippen molar-refractivity contribution in [2.75, 3.05) is 0 Å². The van der Waals surface area contributed by atoms with E-state index in [1.54, 1.807) is 13.0 Å². The Morgan fingerprint density at radius 3 is 2.80 bits per heavy atom. The molecule has 30 heavy (non-hydrogen) atoms. The predicted octanol–water partition coefficient (Wildman–Crippen LogP) is 2.33. The molecule has 0 aliphatic carbocycles. The van der Waals surface area contributed by atoms with Gasteiger partial charge in [0.15, 0.2) is 5.60 Å². The molecular formula is C21H17ClFN3O4. The lowest BCUT2D eigenvalue weighted by molar-refractivity contribution is -0.172. The van der Waals surface area contributed by atoms with E-state index < -0.39 is 17.4 Å². The average molecular weight is 430 g/mol. The summed E-state index contributed by atoms with van der Waals surface area (Å²) in [5.41, 5.74) is 6.93. The highest BCUT2D eigenvalue weighted by Crippen LogP contribution is 2.40. The molecule has 0 saturated heterocycles. The summed E-state index contributed by atoms with van der Waals surface area (Å²) in [6.45, 7) is 1.80. The first-order chi connectivity index (χ1) is 14.3. The summed E-state index contributed by atoms with van der Waals surface area (Å²) in [5, 5.41) is 11.5. The number of cyclic esters (lactones) is 1. The second-order valence-corrected chi connectivity index (χ2v) is 7.92. The number of fused-ring (bicyclic) bond motifs is 5. The number of hydrogen-bond acceptors (Lipinski definition) is 6. The topological polar surface area (TPSA) is 107 Å². The smallest absolute Gasteiger partial charge is 0.343 e. The molecule has 0 bridgehead atoms. The fraction of sp³-hybridized carbons (Fsp3) is 0.286. The van der Waals surface area contributed by atoms with Crippen molar-refractivity contribution in [3.05, 3.63) is 61.6 Å². The van der Waals surface area contributed by atoms with Crippen molar-refractivity contribution in [3.63, 3.8) is 0 Å². The van der Waals surface area contributed by atoms with Crippen LogP contribution in [0.15, 0.2) is 23.0 Å². The SMILES string of the molecule is CC[C@@]1(O)C(=O)OCc2c1cc1n(c2=O)Cc2c-1nc1cc(F)c(Cl)cc1c2CN. The van der Waals surface area contributed by atoms with Crippen LogP contribution in [-0.4, -0.2) is 20.6 Å². The standard InChI is InChI=1S/C21H17ClFN3O4/c1-2-21(29)13-4-17-18-11(7-26(17)19(27)12(13)8-30-20(21)28)10(6-24)9-3-14(22)15(23)5-16(9)25-18/h3-5,29H,2,6-8,24H2,1H3/t21-/m0/s1. The molecule has 1 atom stereocenters. The minimum atomic E-state index is -1.90. The van der Waals surface area contributed by atoms with Crippen LogP contribution in [0.3, 0.4) is 0 Å². The molecule has 0 amide bonds. The molecule has 2 aliphatic rings. The van der Waals surface area contributed by atoms with E-state index >= 15 is 0 Å². The summed E-state index contributed by atoms with van der Waals surface area (Å²) in [4.78, 5) is 30.0. The fourth-order valence-electron chi connectivity index (χ4n) is 4.39. The first-order valence-corrected chi connectivity index (χ1v) is 9.85. The summed E-state index contributed by atoms with van der Waals surface area (Å²) in [7, 11) is 0.